The average molecular weight is 688 g/mol. The summed E-state index contributed by atoms with van der Waals surface area (Å²) in [6.07, 6.45) is -8.66. The Morgan fingerprint density at radius 3 is 2.20 bits per heavy atom. The van der Waals surface area contributed by atoms with Crippen molar-refractivity contribution in [3.63, 3.8) is 0 Å². The molecule has 0 aliphatic carbocycles. The van der Waals surface area contributed by atoms with Gasteiger partial charge >= 0.3 is 15.6 Å². The Morgan fingerprint density at radius 1 is 0.913 bits per heavy atom. The maximum absolute atomic E-state index is 13.7. The number of H-pyrrole nitrogens is 1. The predicted molar refractivity (Wildman–Crippen MR) is 148 cm³/mol. The van der Waals surface area contributed by atoms with E-state index in [1.807, 2.05) is 0 Å². The number of nitrogens with two attached hydrogens (primary N) is 2. The molecule has 23 nitrogen and oxygen atoms in total. The second kappa shape index (κ2) is 11.4. The number of aliphatic hydroxyl groups excluding tert-OH is 2. The van der Waals surface area contributed by atoms with Gasteiger partial charge in [0.15, 0.2) is 35.1 Å². The molecule has 25 heteroatoms. The second-order valence-electron chi connectivity index (χ2n) is 10.3. The Bertz CT molecular complexity index is 1950. The molecule has 3 saturated heterocycles. The van der Waals surface area contributed by atoms with Gasteiger partial charge in [-0.25, -0.2) is 29.1 Å². The van der Waals surface area contributed by atoms with E-state index in [1.165, 1.54) is 15.5 Å². The lowest BCUT2D eigenvalue weighted by Crippen LogP contribution is -2.38. The Morgan fingerprint density at radius 2 is 1.52 bits per heavy atom. The van der Waals surface area contributed by atoms with Crippen LogP contribution in [0.15, 0.2) is 23.8 Å². The zero-order chi connectivity index (χ0) is 32.5. The van der Waals surface area contributed by atoms with E-state index < -0.39 is 83.5 Å². The first-order valence-corrected chi connectivity index (χ1v) is 16.3. The molecule has 7 heterocycles. The van der Waals surface area contributed by atoms with E-state index in [-0.39, 0.29) is 34.1 Å². The number of phosphoric acid groups is 2. The minimum Gasteiger partial charge on any atom is -0.387 e. The Balaban J connectivity index is 1.24. The lowest BCUT2D eigenvalue weighted by molar-refractivity contribution is -0.0684. The van der Waals surface area contributed by atoms with Gasteiger partial charge in [0, 0.05) is 7.11 Å². The number of nitrogen functional groups attached to an aromatic ring is 2. The van der Waals surface area contributed by atoms with Crippen LogP contribution in [0, 0.1) is 0 Å². The molecule has 248 valence electrons. The molecule has 0 aromatic carbocycles. The van der Waals surface area contributed by atoms with Gasteiger partial charge in [0.25, 0.3) is 5.56 Å². The van der Waals surface area contributed by atoms with E-state index in [1.54, 1.807) is 0 Å². The highest BCUT2D eigenvalue weighted by Gasteiger charge is 2.54. The van der Waals surface area contributed by atoms with Crippen LogP contribution in [-0.4, -0.2) is 111 Å². The molecule has 4 bridgehead atoms. The van der Waals surface area contributed by atoms with Crippen molar-refractivity contribution in [3.05, 3.63) is 29.3 Å². The number of hydrogen-bond donors (Lipinski definition) is 6. The van der Waals surface area contributed by atoms with Crippen LogP contribution < -0.4 is 17.0 Å². The second-order valence-corrected chi connectivity index (χ2v) is 13.4. The summed E-state index contributed by atoms with van der Waals surface area (Å²) >= 11 is 0. The fourth-order valence-corrected chi connectivity index (χ4v) is 7.41. The third-order valence-corrected chi connectivity index (χ3v) is 9.94. The Hall–Kier alpha value is -3.44. The molecule has 8 N–H and O–H groups in total. The SMILES string of the molecule is COP1(=O)OCC2OC(n3cnc4c(N)ncnc43)C(OP(=O)(O)OCC3OC(n4cnc5c(=O)[nH]c(N)nc54)C(O1)C3O)C2O. The normalized spacial score (nSPS) is 37.1. The quantitative estimate of drug-likeness (QED) is 0.131. The molecule has 4 aromatic rings. The first kappa shape index (κ1) is 31.2. The summed E-state index contributed by atoms with van der Waals surface area (Å²) in [5.74, 6) is -0.224. The van der Waals surface area contributed by atoms with Crippen LogP contribution in [0.1, 0.15) is 12.5 Å². The summed E-state index contributed by atoms with van der Waals surface area (Å²) in [6.45, 7) is -1.47. The first-order chi connectivity index (χ1) is 21.9. The van der Waals surface area contributed by atoms with Gasteiger partial charge < -0.3 is 36.0 Å². The van der Waals surface area contributed by atoms with Gasteiger partial charge in [-0.3, -0.25) is 41.5 Å². The molecule has 46 heavy (non-hydrogen) atoms. The molecule has 3 aliphatic rings. The van der Waals surface area contributed by atoms with Gasteiger partial charge in [-0.05, 0) is 0 Å². The lowest BCUT2D eigenvalue weighted by atomic mass is 10.1. The van der Waals surface area contributed by atoms with E-state index in [9.17, 15) is 29.0 Å². The van der Waals surface area contributed by atoms with E-state index >= 15 is 0 Å². The standard InChI is InChI=1S/C21H26N10O13P2/c1-38-46(37)40-3-8-11(32)13(19(42-8)30-5-26-9-15(22)24-4-25-16(9)30)43-45(35,36)39-2-7-12(33)14(44-46)20(41-7)31-6-27-10-17(31)28-21(23)29-18(10)34/h4-8,11-14,19-20,32-33H,2-3H2,1H3,(H,35,36)(H2,22,24,25)(H3,23,28,29,34). The largest absolute Gasteiger partial charge is 0.475 e. The monoisotopic (exact) mass is 688 g/mol. The highest BCUT2D eigenvalue weighted by atomic mass is 31.2. The molecular weight excluding hydrogens is 662 g/mol. The molecule has 0 amide bonds. The molecule has 7 rings (SSSR count). The fourth-order valence-electron chi connectivity index (χ4n) is 5.36. The van der Waals surface area contributed by atoms with Crippen molar-refractivity contribution in [2.75, 3.05) is 31.8 Å². The van der Waals surface area contributed by atoms with Crippen molar-refractivity contribution in [3.8, 4) is 0 Å². The van der Waals surface area contributed by atoms with Gasteiger partial charge in [0.2, 0.25) is 5.95 Å². The number of aromatic nitrogens is 8. The number of aromatic amines is 1. The summed E-state index contributed by atoms with van der Waals surface area (Å²) in [4.78, 5) is 45.5. The number of imidazole rings is 2. The summed E-state index contributed by atoms with van der Waals surface area (Å²) < 4.78 is 68.1. The molecular formula is C21H26N10O13P2. The third kappa shape index (κ3) is 5.29. The first-order valence-electron chi connectivity index (χ1n) is 13.3. The number of nitrogens with zero attached hydrogens (tertiary/aromatic N) is 7. The number of phosphoric ester groups is 2. The molecule has 4 aromatic heterocycles. The minimum absolute atomic E-state index is 0.0361. The number of ether oxygens (including phenoxy) is 2. The Labute approximate surface area is 255 Å². The van der Waals surface area contributed by atoms with Crippen LogP contribution in [0.3, 0.4) is 0 Å². The van der Waals surface area contributed by atoms with Crippen molar-refractivity contribution in [1.82, 2.24) is 39.0 Å². The van der Waals surface area contributed by atoms with E-state index in [0.717, 1.165) is 19.8 Å². The van der Waals surface area contributed by atoms with E-state index in [2.05, 4.69) is 29.9 Å². The van der Waals surface area contributed by atoms with Gasteiger partial charge in [-0.2, -0.15) is 4.98 Å². The van der Waals surface area contributed by atoms with Crippen molar-refractivity contribution in [1.29, 1.82) is 0 Å². The van der Waals surface area contributed by atoms with Gasteiger partial charge in [-0.15, -0.1) is 0 Å². The fraction of sp³-hybridized carbons (Fsp3) is 0.524. The minimum atomic E-state index is -5.05. The van der Waals surface area contributed by atoms with Crippen molar-refractivity contribution in [2.45, 2.75) is 49.1 Å². The van der Waals surface area contributed by atoms with Crippen LogP contribution in [0.5, 0.6) is 0 Å². The maximum atomic E-state index is 13.7. The zero-order valence-electron chi connectivity index (χ0n) is 23.4. The maximum Gasteiger partial charge on any atom is 0.475 e. The highest BCUT2D eigenvalue weighted by molar-refractivity contribution is 7.48. The molecule has 0 radical (unpaired) electrons. The lowest BCUT2D eigenvalue weighted by Gasteiger charge is -2.27. The van der Waals surface area contributed by atoms with Crippen molar-refractivity contribution in [2.24, 2.45) is 0 Å². The summed E-state index contributed by atoms with van der Waals surface area (Å²) in [5.41, 5.74) is 11.0. The molecule has 10 unspecified atom stereocenters. The number of anilines is 2. The molecule has 3 fully saturated rings. The average Bonchev–Trinajstić information content (AvgIpc) is 3.76. The molecule has 0 saturated carbocycles. The van der Waals surface area contributed by atoms with Crippen LogP contribution in [0.4, 0.5) is 11.8 Å². The predicted octanol–water partition coefficient (Wildman–Crippen LogP) is -1.69. The zero-order valence-corrected chi connectivity index (χ0v) is 25.2. The van der Waals surface area contributed by atoms with E-state index in [4.69, 9.17) is 43.6 Å². The highest BCUT2D eigenvalue weighted by Crippen LogP contribution is 2.55. The number of nitrogens with one attached hydrogen (secondary N) is 1. The number of rotatable bonds is 3. The third-order valence-electron chi connectivity index (χ3n) is 7.54. The van der Waals surface area contributed by atoms with Crippen LogP contribution >= 0.6 is 15.6 Å². The topological polar surface area (TPSA) is 319 Å². The summed E-state index contributed by atoms with van der Waals surface area (Å²) in [7, 11) is -8.64. The summed E-state index contributed by atoms with van der Waals surface area (Å²) in [5, 5.41) is 22.4. The van der Waals surface area contributed by atoms with Gasteiger partial charge in [0.1, 0.15) is 48.5 Å². The molecule has 10 atom stereocenters. The van der Waals surface area contributed by atoms with Crippen molar-refractivity contribution < 1.29 is 56.3 Å². The molecule has 0 spiro atoms. The smallest absolute Gasteiger partial charge is 0.387 e. The summed E-state index contributed by atoms with van der Waals surface area (Å²) in [6, 6.07) is 0. The van der Waals surface area contributed by atoms with Crippen LogP contribution in [-0.2, 0) is 41.2 Å². The van der Waals surface area contributed by atoms with Crippen LogP contribution in [0.25, 0.3) is 22.3 Å². The Kier molecular flexibility index (Phi) is 7.70. The van der Waals surface area contributed by atoms with Crippen LogP contribution in [0.2, 0.25) is 0 Å². The van der Waals surface area contributed by atoms with Gasteiger partial charge in [-0.1, -0.05) is 0 Å². The van der Waals surface area contributed by atoms with E-state index in [0.29, 0.717) is 0 Å². The van der Waals surface area contributed by atoms with Gasteiger partial charge in [0.05, 0.1) is 25.9 Å². The molecule has 3 aliphatic heterocycles. The number of aliphatic hydroxyl groups is 2. The van der Waals surface area contributed by atoms with Crippen molar-refractivity contribution >= 4 is 49.7 Å². The number of fused-ring (bicyclic) bond motifs is 6. The number of hydrogen-bond acceptors (Lipinski definition) is 19.